The van der Waals surface area contributed by atoms with Gasteiger partial charge in [-0.1, -0.05) is 13.8 Å². The van der Waals surface area contributed by atoms with Crippen molar-refractivity contribution in [2.45, 2.75) is 40.2 Å². The predicted molar refractivity (Wildman–Crippen MR) is 64.8 cm³/mol. The minimum atomic E-state index is 0.834. The lowest BCUT2D eigenvalue weighted by Crippen LogP contribution is -2.14. The molecule has 0 aliphatic heterocycles. The minimum absolute atomic E-state index is 0.834. The summed E-state index contributed by atoms with van der Waals surface area (Å²) in [5.74, 6) is 0.834. The lowest BCUT2D eigenvalue weighted by molar-refractivity contribution is 0.528. The highest BCUT2D eigenvalue weighted by Gasteiger charge is 1.98. The summed E-state index contributed by atoms with van der Waals surface area (Å²) in [7, 11) is 0. The quantitative estimate of drug-likeness (QED) is 0.709. The molecule has 1 rings (SSSR count). The summed E-state index contributed by atoms with van der Waals surface area (Å²) in [6.45, 7) is 8.94. The van der Waals surface area contributed by atoms with E-state index in [2.05, 4.69) is 37.5 Å². The molecule has 0 aliphatic rings. The fourth-order valence-electron chi connectivity index (χ4n) is 1.42. The second-order valence-electron chi connectivity index (χ2n) is 4.24. The third kappa shape index (κ3) is 4.25. The van der Waals surface area contributed by atoms with Crippen molar-refractivity contribution in [1.29, 1.82) is 0 Å². The van der Waals surface area contributed by atoms with E-state index in [0.717, 1.165) is 19.0 Å². The van der Waals surface area contributed by atoms with Crippen LogP contribution in [0.5, 0.6) is 0 Å². The maximum absolute atomic E-state index is 3.49. The van der Waals surface area contributed by atoms with E-state index in [1.54, 1.807) is 0 Å². The molecule has 0 fully saturated rings. The molecule has 1 nitrogen and oxygen atoms in total. The van der Waals surface area contributed by atoms with Crippen molar-refractivity contribution in [2.75, 3.05) is 6.54 Å². The number of hydrogen-bond acceptors (Lipinski definition) is 2. The molecule has 0 aliphatic carbocycles. The standard InChI is InChI=1S/C12H21NS/c1-10(2)5-4-7-13-9-12-11(3)6-8-14-12/h6,8,10,13H,4-5,7,9H2,1-3H3. The van der Waals surface area contributed by atoms with Crippen molar-refractivity contribution in [3.63, 3.8) is 0 Å². The van der Waals surface area contributed by atoms with E-state index in [1.807, 2.05) is 11.3 Å². The number of nitrogens with one attached hydrogen (secondary N) is 1. The summed E-state index contributed by atoms with van der Waals surface area (Å²) in [6, 6.07) is 2.19. The summed E-state index contributed by atoms with van der Waals surface area (Å²) in [6.07, 6.45) is 2.62. The van der Waals surface area contributed by atoms with Gasteiger partial charge in [0, 0.05) is 11.4 Å². The van der Waals surface area contributed by atoms with E-state index in [-0.39, 0.29) is 0 Å². The monoisotopic (exact) mass is 211 g/mol. The van der Waals surface area contributed by atoms with E-state index < -0.39 is 0 Å². The van der Waals surface area contributed by atoms with Crippen LogP contribution in [0.2, 0.25) is 0 Å². The predicted octanol–water partition coefficient (Wildman–Crippen LogP) is 3.58. The Kier molecular flexibility index (Phi) is 5.20. The highest BCUT2D eigenvalue weighted by atomic mass is 32.1. The Hall–Kier alpha value is -0.340. The van der Waals surface area contributed by atoms with Gasteiger partial charge in [0.05, 0.1) is 0 Å². The van der Waals surface area contributed by atoms with E-state index in [9.17, 15) is 0 Å². The molecule has 0 saturated heterocycles. The van der Waals surface area contributed by atoms with Gasteiger partial charge in [0.15, 0.2) is 0 Å². The molecule has 0 unspecified atom stereocenters. The minimum Gasteiger partial charge on any atom is -0.312 e. The fraction of sp³-hybridized carbons (Fsp3) is 0.667. The molecule has 14 heavy (non-hydrogen) atoms. The molecule has 0 saturated carbocycles. The van der Waals surface area contributed by atoms with E-state index >= 15 is 0 Å². The molecule has 1 N–H and O–H groups in total. The number of rotatable bonds is 6. The average Bonchev–Trinajstić information content (AvgIpc) is 2.51. The van der Waals surface area contributed by atoms with Gasteiger partial charge in [-0.25, -0.2) is 0 Å². The summed E-state index contributed by atoms with van der Waals surface area (Å²) in [5.41, 5.74) is 1.42. The molecule has 80 valence electrons. The summed E-state index contributed by atoms with van der Waals surface area (Å²) in [5, 5.41) is 5.66. The Labute approximate surface area is 91.5 Å². The first-order valence-corrected chi connectivity index (χ1v) is 6.32. The van der Waals surface area contributed by atoms with Crippen molar-refractivity contribution in [3.8, 4) is 0 Å². The summed E-state index contributed by atoms with van der Waals surface area (Å²) >= 11 is 1.85. The maximum atomic E-state index is 3.49. The molecular formula is C12H21NS. The number of thiophene rings is 1. The van der Waals surface area contributed by atoms with Crippen molar-refractivity contribution in [1.82, 2.24) is 5.32 Å². The van der Waals surface area contributed by atoms with E-state index in [0.29, 0.717) is 0 Å². The average molecular weight is 211 g/mol. The highest BCUT2D eigenvalue weighted by Crippen LogP contribution is 2.14. The van der Waals surface area contributed by atoms with Crippen LogP contribution in [-0.2, 0) is 6.54 Å². The third-order valence-electron chi connectivity index (χ3n) is 2.39. The Morgan fingerprint density at radius 2 is 2.21 bits per heavy atom. The van der Waals surface area contributed by atoms with Crippen molar-refractivity contribution in [2.24, 2.45) is 5.92 Å². The zero-order valence-electron chi connectivity index (χ0n) is 9.47. The fourth-order valence-corrected chi connectivity index (χ4v) is 2.30. The van der Waals surface area contributed by atoms with Crippen LogP contribution < -0.4 is 5.32 Å². The molecule has 1 aromatic rings. The Morgan fingerprint density at radius 3 is 2.79 bits per heavy atom. The van der Waals surface area contributed by atoms with Crippen LogP contribution in [0.4, 0.5) is 0 Å². The molecule has 0 spiro atoms. The molecule has 0 bridgehead atoms. The Bertz CT molecular complexity index is 253. The zero-order chi connectivity index (χ0) is 10.4. The Balaban J connectivity index is 2.08. The lowest BCUT2D eigenvalue weighted by atomic mass is 10.1. The van der Waals surface area contributed by atoms with Crippen LogP contribution in [0, 0.1) is 12.8 Å². The molecule has 0 atom stereocenters. The maximum Gasteiger partial charge on any atom is 0.0302 e. The lowest BCUT2D eigenvalue weighted by Gasteiger charge is -2.06. The van der Waals surface area contributed by atoms with Crippen LogP contribution in [0.3, 0.4) is 0 Å². The summed E-state index contributed by atoms with van der Waals surface area (Å²) in [4.78, 5) is 1.48. The van der Waals surface area contributed by atoms with Gasteiger partial charge in [-0.3, -0.25) is 0 Å². The van der Waals surface area contributed by atoms with Gasteiger partial charge in [-0.05, 0) is 49.2 Å². The van der Waals surface area contributed by atoms with Crippen LogP contribution in [0.25, 0.3) is 0 Å². The van der Waals surface area contributed by atoms with Crippen LogP contribution in [0.15, 0.2) is 11.4 Å². The second kappa shape index (κ2) is 6.20. The van der Waals surface area contributed by atoms with Crippen molar-refractivity contribution < 1.29 is 0 Å². The first kappa shape index (κ1) is 11.7. The zero-order valence-corrected chi connectivity index (χ0v) is 10.3. The SMILES string of the molecule is Cc1ccsc1CNCCCC(C)C. The Morgan fingerprint density at radius 1 is 1.43 bits per heavy atom. The second-order valence-corrected chi connectivity index (χ2v) is 5.24. The number of aryl methyl sites for hydroxylation is 1. The number of hydrogen-bond donors (Lipinski definition) is 1. The highest BCUT2D eigenvalue weighted by molar-refractivity contribution is 7.10. The molecule has 0 aromatic carbocycles. The molecule has 2 heteroatoms. The molecule has 0 amide bonds. The van der Waals surface area contributed by atoms with Gasteiger partial charge >= 0.3 is 0 Å². The van der Waals surface area contributed by atoms with Gasteiger partial charge in [0.2, 0.25) is 0 Å². The van der Waals surface area contributed by atoms with Crippen molar-refractivity contribution >= 4 is 11.3 Å². The van der Waals surface area contributed by atoms with Crippen LogP contribution >= 0.6 is 11.3 Å². The smallest absolute Gasteiger partial charge is 0.0302 e. The molecule has 1 aromatic heterocycles. The van der Waals surface area contributed by atoms with Crippen LogP contribution in [0.1, 0.15) is 37.1 Å². The molecular weight excluding hydrogens is 190 g/mol. The topological polar surface area (TPSA) is 12.0 Å². The van der Waals surface area contributed by atoms with Crippen LogP contribution in [-0.4, -0.2) is 6.54 Å². The first-order valence-electron chi connectivity index (χ1n) is 5.44. The van der Waals surface area contributed by atoms with Gasteiger partial charge in [-0.2, -0.15) is 0 Å². The van der Waals surface area contributed by atoms with Gasteiger partial charge in [-0.15, -0.1) is 11.3 Å². The van der Waals surface area contributed by atoms with E-state index in [4.69, 9.17) is 0 Å². The van der Waals surface area contributed by atoms with E-state index in [1.165, 1.54) is 23.3 Å². The van der Waals surface area contributed by atoms with Gasteiger partial charge < -0.3 is 5.32 Å². The normalized spacial score (nSPS) is 11.1. The van der Waals surface area contributed by atoms with Crippen molar-refractivity contribution in [3.05, 3.63) is 21.9 Å². The largest absolute Gasteiger partial charge is 0.312 e. The summed E-state index contributed by atoms with van der Waals surface area (Å²) < 4.78 is 0. The molecule has 1 heterocycles. The first-order chi connectivity index (χ1) is 6.70. The van der Waals surface area contributed by atoms with Gasteiger partial charge in [0.1, 0.15) is 0 Å². The third-order valence-corrected chi connectivity index (χ3v) is 3.41. The molecule has 0 radical (unpaired) electrons. The van der Waals surface area contributed by atoms with Gasteiger partial charge in [0.25, 0.3) is 0 Å².